The third-order valence-electron chi connectivity index (χ3n) is 4.48. The Bertz CT molecular complexity index is 809. The number of likely N-dealkylation sites (tertiary alicyclic amines) is 1. The number of benzene rings is 2. The summed E-state index contributed by atoms with van der Waals surface area (Å²) in [7, 11) is -3.73. The third kappa shape index (κ3) is 3.66. The number of nitrogens with two attached hydrogens (primary N) is 1. The van der Waals surface area contributed by atoms with E-state index < -0.39 is 10.0 Å². The van der Waals surface area contributed by atoms with E-state index in [1.54, 1.807) is 0 Å². The van der Waals surface area contributed by atoms with Crippen LogP contribution in [-0.4, -0.2) is 32.3 Å². The minimum atomic E-state index is -3.73. The molecular formula is C18H20N2O3S. The Labute approximate surface area is 142 Å². The van der Waals surface area contributed by atoms with Crippen molar-refractivity contribution in [2.75, 3.05) is 13.1 Å². The number of piperidine rings is 1. The van der Waals surface area contributed by atoms with Gasteiger partial charge < -0.3 is 4.90 Å². The molecule has 0 atom stereocenters. The van der Waals surface area contributed by atoms with Crippen LogP contribution in [0.5, 0.6) is 0 Å². The smallest absolute Gasteiger partial charge is 0.253 e. The van der Waals surface area contributed by atoms with Crippen molar-refractivity contribution >= 4 is 15.9 Å². The van der Waals surface area contributed by atoms with Gasteiger partial charge >= 0.3 is 0 Å². The number of nitrogens with zero attached hydrogens (tertiary/aromatic N) is 1. The summed E-state index contributed by atoms with van der Waals surface area (Å²) >= 11 is 0. The van der Waals surface area contributed by atoms with Gasteiger partial charge in [0, 0.05) is 18.7 Å². The molecule has 1 heterocycles. The quantitative estimate of drug-likeness (QED) is 0.928. The fourth-order valence-corrected chi connectivity index (χ4v) is 3.63. The maximum Gasteiger partial charge on any atom is 0.253 e. The zero-order chi connectivity index (χ0) is 17.2. The SMILES string of the molecule is NS(=O)(=O)c1ccc(C(=O)N2CCC(c3ccccc3)CC2)cc1. The monoisotopic (exact) mass is 344 g/mol. The lowest BCUT2D eigenvalue weighted by Gasteiger charge is -2.32. The number of hydrogen-bond acceptors (Lipinski definition) is 3. The first-order valence-corrected chi connectivity index (χ1v) is 9.47. The van der Waals surface area contributed by atoms with Gasteiger partial charge in [-0.05, 0) is 48.6 Å². The maximum atomic E-state index is 12.5. The molecule has 1 fully saturated rings. The lowest BCUT2D eigenvalue weighted by molar-refractivity contribution is 0.0713. The molecular weight excluding hydrogens is 324 g/mol. The lowest BCUT2D eigenvalue weighted by Crippen LogP contribution is -2.37. The Kier molecular flexibility index (Phi) is 4.69. The molecule has 0 spiro atoms. The number of amides is 1. The topological polar surface area (TPSA) is 80.5 Å². The molecule has 3 rings (SSSR count). The normalized spacial score (nSPS) is 16.1. The zero-order valence-electron chi connectivity index (χ0n) is 13.3. The Morgan fingerprint density at radius 1 is 0.958 bits per heavy atom. The Morgan fingerprint density at radius 2 is 1.54 bits per heavy atom. The molecule has 126 valence electrons. The second kappa shape index (κ2) is 6.75. The highest BCUT2D eigenvalue weighted by molar-refractivity contribution is 7.89. The van der Waals surface area contributed by atoms with Gasteiger partial charge in [0.25, 0.3) is 5.91 Å². The third-order valence-corrected chi connectivity index (χ3v) is 5.41. The van der Waals surface area contributed by atoms with Crippen LogP contribution in [-0.2, 0) is 10.0 Å². The minimum Gasteiger partial charge on any atom is -0.339 e. The molecule has 1 aliphatic rings. The van der Waals surface area contributed by atoms with E-state index >= 15 is 0 Å². The molecule has 2 aromatic carbocycles. The molecule has 1 saturated heterocycles. The molecule has 2 N–H and O–H groups in total. The van der Waals surface area contributed by atoms with E-state index in [0.29, 0.717) is 24.6 Å². The molecule has 0 bridgehead atoms. The Morgan fingerprint density at radius 3 is 2.08 bits per heavy atom. The van der Waals surface area contributed by atoms with Crippen LogP contribution in [0.4, 0.5) is 0 Å². The lowest BCUT2D eigenvalue weighted by atomic mass is 9.89. The van der Waals surface area contributed by atoms with Crippen molar-refractivity contribution < 1.29 is 13.2 Å². The molecule has 0 saturated carbocycles. The zero-order valence-corrected chi connectivity index (χ0v) is 14.1. The number of primary sulfonamides is 1. The molecule has 1 aliphatic heterocycles. The molecule has 0 unspecified atom stereocenters. The van der Waals surface area contributed by atoms with Gasteiger partial charge in [-0.25, -0.2) is 13.6 Å². The predicted molar refractivity (Wildman–Crippen MR) is 92.1 cm³/mol. The number of sulfonamides is 1. The Balaban J connectivity index is 1.65. The van der Waals surface area contributed by atoms with Gasteiger partial charge in [0.15, 0.2) is 0 Å². The first-order valence-electron chi connectivity index (χ1n) is 7.92. The number of rotatable bonds is 3. The summed E-state index contributed by atoms with van der Waals surface area (Å²) < 4.78 is 22.5. The van der Waals surface area contributed by atoms with Crippen molar-refractivity contribution in [2.45, 2.75) is 23.7 Å². The van der Waals surface area contributed by atoms with Crippen LogP contribution < -0.4 is 5.14 Å². The summed E-state index contributed by atoms with van der Waals surface area (Å²) in [5.41, 5.74) is 1.81. The van der Waals surface area contributed by atoms with E-state index in [0.717, 1.165) is 12.8 Å². The molecule has 2 aromatic rings. The molecule has 1 amide bonds. The first-order chi connectivity index (χ1) is 11.4. The summed E-state index contributed by atoms with van der Waals surface area (Å²) in [6.45, 7) is 1.41. The van der Waals surface area contributed by atoms with Gasteiger partial charge in [0.1, 0.15) is 0 Å². The van der Waals surface area contributed by atoms with Crippen LogP contribution in [0.15, 0.2) is 59.5 Å². The van der Waals surface area contributed by atoms with E-state index in [2.05, 4.69) is 12.1 Å². The van der Waals surface area contributed by atoms with Crippen molar-refractivity contribution in [1.82, 2.24) is 4.90 Å². The summed E-state index contributed by atoms with van der Waals surface area (Å²) in [6, 6.07) is 16.1. The van der Waals surface area contributed by atoms with Gasteiger partial charge in [-0.1, -0.05) is 30.3 Å². The second-order valence-electron chi connectivity index (χ2n) is 6.05. The van der Waals surface area contributed by atoms with Crippen molar-refractivity contribution in [1.29, 1.82) is 0 Å². The maximum absolute atomic E-state index is 12.5. The molecule has 24 heavy (non-hydrogen) atoms. The van der Waals surface area contributed by atoms with Crippen LogP contribution in [0.3, 0.4) is 0 Å². The van der Waals surface area contributed by atoms with E-state index in [1.165, 1.54) is 29.8 Å². The van der Waals surface area contributed by atoms with Gasteiger partial charge in [0.2, 0.25) is 10.0 Å². The minimum absolute atomic E-state index is 0.0156. The van der Waals surface area contributed by atoms with E-state index in [1.807, 2.05) is 23.1 Å². The first kappa shape index (κ1) is 16.7. The highest BCUT2D eigenvalue weighted by Gasteiger charge is 2.24. The summed E-state index contributed by atoms with van der Waals surface area (Å²) in [6.07, 6.45) is 1.87. The van der Waals surface area contributed by atoms with Crippen LogP contribution in [0, 0.1) is 0 Å². The van der Waals surface area contributed by atoms with Crippen LogP contribution >= 0.6 is 0 Å². The Hall–Kier alpha value is -2.18. The van der Waals surface area contributed by atoms with Crippen LogP contribution in [0.2, 0.25) is 0 Å². The molecule has 0 aromatic heterocycles. The highest BCUT2D eigenvalue weighted by atomic mass is 32.2. The largest absolute Gasteiger partial charge is 0.339 e. The summed E-state index contributed by atoms with van der Waals surface area (Å²) in [4.78, 5) is 14.4. The van der Waals surface area contributed by atoms with Gasteiger partial charge in [-0.15, -0.1) is 0 Å². The summed E-state index contributed by atoms with van der Waals surface area (Å²) in [5, 5.41) is 5.07. The van der Waals surface area contributed by atoms with E-state index in [-0.39, 0.29) is 10.8 Å². The van der Waals surface area contributed by atoms with Gasteiger partial charge in [-0.3, -0.25) is 4.79 Å². The average molecular weight is 344 g/mol. The molecule has 0 aliphatic carbocycles. The molecule has 6 heteroatoms. The fraction of sp³-hybridized carbons (Fsp3) is 0.278. The van der Waals surface area contributed by atoms with Crippen molar-refractivity contribution in [3.8, 4) is 0 Å². The van der Waals surface area contributed by atoms with Crippen molar-refractivity contribution in [3.05, 3.63) is 65.7 Å². The molecule has 5 nitrogen and oxygen atoms in total. The van der Waals surface area contributed by atoms with Crippen LogP contribution in [0.25, 0.3) is 0 Å². The molecule has 0 radical (unpaired) electrons. The van der Waals surface area contributed by atoms with Crippen LogP contribution in [0.1, 0.15) is 34.7 Å². The van der Waals surface area contributed by atoms with Gasteiger partial charge in [-0.2, -0.15) is 0 Å². The van der Waals surface area contributed by atoms with Crippen molar-refractivity contribution in [3.63, 3.8) is 0 Å². The number of carbonyl (C=O) groups excluding carboxylic acids is 1. The number of hydrogen-bond donors (Lipinski definition) is 1. The number of carbonyl (C=O) groups is 1. The highest BCUT2D eigenvalue weighted by Crippen LogP contribution is 2.28. The standard InChI is InChI=1S/C18H20N2O3S/c19-24(22,23)17-8-6-16(7-9-17)18(21)20-12-10-15(11-13-20)14-4-2-1-3-5-14/h1-9,15H,10-13H2,(H2,19,22,23). The van der Waals surface area contributed by atoms with Gasteiger partial charge in [0.05, 0.1) is 4.90 Å². The van der Waals surface area contributed by atoms with E-state index in [4.69, 9.17) is 5.14 Å². The summed E-state index contributed by atoms with van der Waals surface area (Å²) in [5.74, 6) is 0.419. The fourth-order valence-electron chi connectivity index (χ4n) is 3.11. The van der Waals surface area contributed by atoms with Crippen molar-refractivity contribution in [2.24, 2.45) is 5.14 Å². The average Bonchev–Trinajstić information content (AvgIpc) is 2.61. The van der Waals surface area contributed by atoms with E-state index in [9.17, 15) is 13.2 Å². The second-order valence-corrected chi connectivity index (χ2v) is 7.61. The predicted octanol–water partition coefficient (Wildman–Crippen LogP) is 2.35.